The second kappa shape index (κ2) is 13.7. The van der Waals surface area contributed by atoms with Crippen molar-refractivity contribution in [3.63, 3.8) is 0 Å². The Labute approximate surface area is 249 Å². The van der Waals surface area contributed by atoms with Crippen molar-refractivity contribution in [1.82, 2.24) is 5.32 Å². The fraction of sp³-hybridized carbons (Fsp3) is 0.323. The van der Waals surface area contributed by atoms with Crippen LogP contribution in [-0.4, -0.2) is 41.8 Å². The maximum atomic E-state index is 13.5. The van der Waals surface area contributed by atoms with E-state index in [0.29, 0.717) is 17.2 Å². The molecule has 0 radical (unpaired) electrons. The van der Waals surface area contributed by atoms with Gasteiger partial charge in [0.05, 0.1) is 13.1 Å². The number of hydrogen-bond acceptors (Lipinski definition) is 4. The van der Waals surface area contributed by atoms with Gasteiger partial charge in [0.2, 0.25) is 0 Å². The molecule has 1 aliphatic carbocycles. The number of rotatable bonds is 10. The van der Waals surface area contributed by atoms with Crippen molar-refractivity contribution in [3.05, 3.63) is 89.5 Å². The highest BCUT2D eigenvalue weighted by molar-refractivity contribution is 6.02. The number of anilines is 2. The fourth-order valence-corrected chi connectivity index (χ4v) is 4.92. The van der Waals surface area contributed by atoms with Crippen LogP contribution < -0.4 is 20.3 Å². The summed E-state index contributed by atoms with van der Waals surface area (Å²) in [6, 6.07) is 17.3. The summed E-state index contributed by atoms with van der Waals surface area (Å²) in [6.45, 7) is -1.41. The fourth-order valence-electron chi connectivity index (χ4n) is 4.92. The molecule has 3 aromatic rings. The molecule has 3 aromatic carbocycles. The van der Waals surface area contributed by atoms with E-state index in [2.05, 4.69) is 10.1 Å². The molecule has 3 N–H and O–H groups in total. The van der Waals surface area contributed by atoms with Crippen LogP contribution in [0.4, 0.5) is 38.1 Å². The van der Waals surface area contributed by atoms with E-state index in [9.17, 15) is 36.3 Å². The molecule has 13 heteroatoms. The van der Waals surface area contributed by atoms with Gasteiger partial charge in [-0.3, -0.25) is 9.69 Å². The molecule has 1 saturated carbocycles. The van der Waals surface area contributed by atoms with E-state index in [1.54, 1.807) is 12.1 Å². The van der Waals surface area contributed by atoms with Crippen LogP contribution in [0.15, 0.2) is 72.8 Å². The largest absolute Gasteiger partial charge is 0.573 e. The Kier molecular flexibility index (Phi) is 10.1. The van der Waals surface area contributed by atoms with Gasteiger partial charge in [-0.1, -0.05) is 49.6 Å². The van der Waals surface area contributed by atoms with Gasteiger partial charge in [0.15, 0.2) is 0 Å². The summed E-state index contributed by atoms with van der Waals surface area (Å²) < 4.78 is 68.7. The number of aliphatic carboxylic acids is 1. The molecule has 1 aliphatic rings. The molecule has 0 atom stereocenters. The Hall–Kier alpha value is -4.68. The van der Waals surface area contributed by atoms with Crippen LogP contribution in [0.2, 0.25) is 0 Å². The van der Waals surface area contributed by atoms with E-state index in [1.807, 2.05) is 17.4 Å². The monoisotopic (exact) mass is 619 g/mol. The lowest BCUT2D eigenvalue weighted by atomic mass is 9.84. The number of benzene rings is 3. The van der Waals surface area contributed by atoms with Gasteiger partial charge < -0.3 is 20.5 Å². The number of nitrogens with zero attached hydrogens (tertiary/aromatic N) is 1. The lowest BCUT2D eigenvalue weighted by molar-refractivity contribution is -0.274. The zero-order valence-corrected chi connectivity index (χ0v) is 23.4. The first kappa shape index (κ1) is 32.2. The summed E-state index contributed by atoms with van der Waals surface area (Å²) in [6.07, 6.45) is 0.742. The third kappa shape index (κ3) is 8.91. The molecule has 0 aliphatic heterocycles. The number of ether oxygens (including phenoxy) is 1. The van der Waals surface area contributed by atoms with E-state index in [0.717, 1.165) is 43.4 Å². The Morgan fingerprint density at radius 1 is 0.886 bits per heavy atom. The first-order valence-corrected chi connectivity index (χ1v) is 13.8. The molecule has 0 aromatic heterocycles. The van der Waals surface area contributed by atoms with Gasteiger partial charge in [-0.05, 0) is 66.3 Å². The minimum Gasteiger partial charge on any atom is -0.477 e. The van der Waals surface area contributed by atoms with Crippen LogP contribution in [0.25, 0.3) is 0 Å². The summed E-state index contributed by atoms with van der Waals surface area (Å²) in [5.74, 6) is -7.49. The normalized spacial score (nSPS) is 14.0. The number of halogens is 5. The van der Waals surface area contributed by atoms with E-state index in [4.69, 9.17) is 5.11 Å². The highest BCUT2D eigenvalue weighted by atomic mass is 19.4. The maximum absolute atomic E-state index is 13.5. The van der Waals surface area contributed by atoms with Crippen LogP contribution in [0.5, 0.6) is 5.75 Å². The minimum absolute atomic E-state index is 0.00995. The van der Waals surface area contributed by atoms with Crippen LogP contribution in [0, 0.1) is 0 Å². The molecule has 0 saturated heterocycles. The first-order valence-electron chi connectivity index (χ1n) is 13.8. The average Bonchev–Trinajstić information content (AvgIpc) is 2.99. The summed E-state index contributed by atoms with van der Waals surface area (Å²) in [5, 5.41) is 13.0. The molecule has 0 bridgehead atoms. The number of carbonyl (C=O) groups is 3. The third-order valence-electron chi connectivity index (χ3n) is 7.19. The molecule has 234 valence electrons. The zero-order valence-electron chi connectivity index (χ0n) is 23.4. The Balaban J connectivity index is 1.53. The molecule has 0 unspecified atom stereocenters. The first-order chi connectivity index (χ1) is 20.8. The number of amides is 3. The Bertz CT molecular complexity index is 1460. The number of carboxylic acid groups (broad SMARTS) is 1. The predicted octanol–water partition coefficient (Wildman–Crippen LogP) is 7.32. The highest BCUT2D eigenvalue weighted by Crippen LogP contribution is 2.34. The molecule has 4 rings (SSSR count). The Morgan fingerprint density at radius 2 is 1.55 bits per heavy atom. The van der Waals surface area contributed by atoms with Gasteiger partial charge in [-0.2, -0.15) is 8.78 Å². The van der Waals surface area contributed by atoms with Crippen LogP contribution in [0.1, 0.15) is 59.5 Å². The second-order valence-electron chi connectivity index (χ2n) is 10.4. The SMILES string of the molecule is O=C(NCC(F)(F)C(=O)O)c1ccc(CN(C(=O)Nc2cccc(OC(F)(F)F)c2)c2ccc(C3CCCCC3)cc2)cc1. The number of urea groups is 1. The average molecular weight is 620 g/mol. The molecule has 0 heterocycles. The number of alkyl halides is 5. The topological polar surface area (TPSA) is 108 Å². The van der Waals surface area contributed by atoms with Crippen molar-refractivity contribution in [2.75, 3.05) is 16.8 Å². The molecule has 44 heavy (non-hydrogen) atoms. The lowest BCUT2D eigenvalue weighted by Crippen LogP contribution is -2.42. The highest BCUT2D eigenvalue weighted by Gasteiger charge is 2.39. The van der Waals surface area contributed by atoms with Crippen molar-refractivity contribution < 1.29 is 46.2 Å². The molecular weight excluding hydrogens is 589 g/mol. The third-order valence-corrected chi connectivity index (χ3v) is 7.19. The molecule has 8 nitrogen and oxygen atoms in total. The van der Waals surface area contributed by atoms with Crippen molar-refractivity contribution in [2.45, 2.75) is 56.9 Å². The smallest absolute Gasteiger partial charge is 0.477 e. The Morgan fingerprint density at radius 3 is 2.16 bits per heavy atom. The van der Waals surface area contributed by atoms with Gasteiger partial charge in [0, 0.05) is 23.0 Å². The van der Waals surface area contributed by atoms with Crippen LogP contribution >= 0.6 is 0 Å². The van der Waals surface area contributed by atoms with Crippen molar-refractivity contribution in [1.29, 1.82) is 0 Å². The maximum Gasteiger partial charge on any atom is 0.573 e. The van der Waals surface area contributed by atoms with Crippen LogP contribution in [-0.2, 0) is 11.3 Å². The predicted molar refractivity (Wildman–Crippen MR) is 152 cm³/mol. The van der Waals surface area contributed by atoms with Gasteiger partial charge in [0.1, 0.15) is 5.75 Å². The van der Waals surface area contributed by atoms with Gasteiger partial charge in [-0.15, -0.1) is 13.2 Å². The number of carboxylic acids is 1. The van der Waals surface area contributed by atoms with Crippen molar-refractivity contribution >= 4 is 29.3 Å². The van der Waals surface area contributed by atoms with Gasteiger partial charge in [0.25, 0.3) is 5.91 Å². The van der Waals surface area contributed by atoms with E-state index in [-0.39, 0.29) is 17.8 Å². The minimum atomic E-state index is -4.91. The summed E-state index contributed by atoms with van der Waals surface area (Å²) >= 11 is 0. The zero-order chi connectivity index (χ0) is 31.9. The molecule has 0 spiro atoms. The van der Waals surface area contributed by atoms with E-state index < -0.39 is 42.5 Å². The summed E-state index contributed by atoms with van der Waals surface area (Å²) in [4.78, 5) is 37.7. The molecular formula is C31H30F5N3O5. The number of hydrogen-bond donors (Lipinski definition) is 3. The van der Waals surface area contributed by atoms with Gasteiger partial charge >= 0.3 is 24.3 Å². The number of nitrogens with one attached hydrogen (secondary N) is 2. The second-order valence-corrected chi connectivity index (χ2v) is 10.4. The summed E-state index contributed by atoms with van der Waals surface area (Å²) in [7, 11) is 0. The quantitative estimate of drug-likeness (QED) is 0.206. The number of carbonyl (C=O) groups excluding carboxylic acids is 2. The van der Waals surface area contributed by atoms with E-state index in [1.165, 1.54) is 47.7 Å². The van der Waals surface area contributed by atoms with Crippen LogP contribution in [0.3, 0.4) is 0 Å². The molecule has 3 amide bonds. The summed E-state index contributed by atoms with van der Waals surface area (Å²) in [5.41, 5.74) is 2.24. The van der Waals surface area contributed by atoms with Crippen molar-refractivity contribution in [3.8, 4) is 5.75 Å². The van der Waals surface area contributed by atoms with Gasteiger partial charge in [-0.25, -0.2) is 9.59 Å². The van der Waals surface area contributed by atoms with E-state index >= 15 is 0 Å². The molecule has 1 fully saturated rings. The lowest BCUT2D eigenvalue weighted by Gasteiger charge is -2.26. The standard InChI is InChI=1S/C31H30F5N3O5/c32-30(33,28(41)42)19-37-27(40)23-11-9-20(10-12-23)18-39(25-15-13-22(14-16-25)21-5-2-1-3-6-21)29(43)38-24-7-4-8-26(17-24)44-31(34,35)36/h4,7-17,21H,1-3,5-6,18-19H2,(H,37,40)(H,38,43)(H,41,42). The van der Waals surface area contributed by atoms with Crippen molar-refractivity contribution in [2.24, 2.45) is 0 Å².